The number of nitrogens with one attached hydrogen (secondary N) is 3. The van der Waals surface area contributed by atoms with E-state index >= 15 is 0 Å². The molecule has 1 aromatic rings. The lowest BCUT2D eigenvalue weighted by Gasteiger charge is -2.25. The molecule has 3 amide bonds. The van der Waals surface area contributed by atoms with E-state index in [1.807, 2.05) is 38.1 Å². The standard InChI is InChI=1S/C25H35N3O7/c1-15(2)11-19(22(30)27-20(23(31)32)13-17-7-10-26-21(17)29)28-24(33)35-25(8-9-25)14-16-5-4-6-18(12-16)34-3/h4-6,12,15,17,19-20H,7-11,13-14H2,1-3H3,(H,26,29)(H,27,30)(H,28,33)(H,31,32). The molecular weight excluding hydrogens is 454 g/mol. The number of carboxylic acid groups (broad SMARTS) is 1. The maximum atomic E-state index is 13.0. The third kappa shape index (κ3) is 7.60. The molecule has 1 saturated heterocycles. The van der Waals surface area contributed by atoms with Crippen molar-refractivity contribution >= 4 is 23.9 Å². The minimum Gasteiger partial charge on any atom is -0.497 e. The summed E-state index contributed by atoms with van der Waals surface area (Å²) >= 11 is 0. The highest BCUT2D eigenvalue weighted by atomic mass is 16.6. The van der Waals surface area contributed by atoms with Crippen LogP contribution in [0.15, 0.2) is 24.3 Å². The van der Waals surface area contributed by atoms with Crippen LogP contribution in [0.1, 0.15) is 51.5 Å². The van der Waals surface area contributed by atoms with E-state index in [-0.39, 0.29) is 18.2 Å². The molecule has 1 heterocycles. The van der Waals surface area contributed by atoms with Crippen molar-refractivity contribution in [1.29, 1.82) is 0 Å². The lowest BCUT2D eigenvalue weighted by atomic mass is 9.97. The molecule has 1 aliphatic heterocycles. The third-order valence-corrected chi connectivity index (χ3v) is 6.39. The molecule has 2 aliphatic rings. The van der Waals surface area contributed by atoms with E-state index in [0.717, 1.165) is 11.3 Å². The van der Waals surface area contributed by atoms with Gasteiger partial charge in [-0.25, -0.2) is 9.59 Å². The predicted octanol–water partition coefficient (Wildman–Crippen LogP) is 2.01. The van der Waals surface area contributed by atoms with Crippen molar-refractivity contribution < 1.29 is 33.8 Å². The molecular formula is C25H35N3O7. The normalized spacial score (nSPS) is 19.9. The summed E-state index contributed by atoms with van der Waals surface area (Å²) in [5.74, 6) is -1.74. The number of aliphatic carboxylic acids is 1. The van der Waals surface area contributed by atoms with Crippen molar-refractivity contribution in [2.75, 3.05) is 13.7 Å². The van der Waals surface area contributed by atoms with Gasteiger partial charge in [-0.05, 0) is 55.7 Å². The van der Waals surface area contributed by atoms with E-state index in [1.165, 1.54) is 0 Å². The first kappa shape index (κ1) is 26.3. The van der Waals surface area contributed by atoms with E-state index in [9.17, 15) is 24.3 Å². The smallest absolute Gasteiger partial charge is 0.408 e. The van der Waals surface area contributed by atoms with E-state index < -0.39 is 41.6 Å². The van der Waals surface area contributed by atoms with E-state index in [2.05, 4.69) is 16.0 Å². The molecule has 0 bridgehead atoms. The summed E-state index contributed by atoms with van der Waals surface area (Å²) in [6, 6.07) is 5.36. The largest absolute Gasteiger partial charge is 0.497 e. The molecule has 0 spiro atoms. The highest BCUT2D eigenvalue weighted by Crippen LogP contribution is 2.43. The number of amides is 3. The topological polar surface area (TPSA) is 143 Å². The van der Waals surface area contributed by atoms with Gasteiger partial charge in [0.1, 0.15) is 23.4 Å². The van der Waals surface area contributed by atoms with Gasteiger partial charge in [0, 0.05) is 18.9 Å². The predicted molar refractivity (Wildman–Crippen MR) is 127 cm³/mol. The molecule has 1 saturated carbocycles. The summed E-state index contributed by atoms with van der Waals surface area (Å²) in [6.07, 6.45) is 2.06. The van der Waals surface area contributed by atoms with Gasteiger partial charge in [0.2, 0.25) is 11.8 Å². The highest BCUT2D eigenvalue weighted by molar-refractivity contribution is 5.90. The van der Waals surface area contributed by atoms with Crippen molar-refractivity contribution in [1.82, 2.24) is 16.0 Å². The molecule has 3 rings (SSSR count). The Kier molecular flexibility index (Phi) is 8.58. The van der Waals surface area contributed by atoms with Crippen LogP contribution in [0.3, 0.4) is 0 Å². The number of hydrogen-bond acceptors (Lipinski definition) is 6. The molecule has 1 aromatic carbocycles. The maximum absolute atomic E-state index is 13.0. The molecule has 0 aromatic heterocycles. The first-order valence-electron chi connectivity index (χ1n) is 12.0. The van der Waals surface area contributed by atoms with Gasteiger partial charge >= 0.3 is 12.1 Å². The molecule has 192 valence electrons. The van der Waals surface area contributed by atoms with Gasteiger partial charge in [0.05, 0.1) is 7.11 Å². The Morgan fingerprint density at radius 2 is 1.94 bits per heavy atom. The molecule has 3 atom stereocenters. The van der Waals surface area contributed by atoms with Crippen molar-refractivity contribution in [3.63, 3.8) is 0 Å². The fourth-order valence-electron chi connectivity index (χ4n) is 4.33. The molecule has 0 radical (unpaired) electrons. The van der Waals surface area contributed by atoms with Gasteiger partial charge in [-0.2, -0.15) is 0 Å². The Morgan fingerprint density at radius 3 is 2.51 bits per heavy atom. The second-order valence-corrected chi connectivity index (χ2v) is 9.84. The summed E-state index contributed by atoms with van der Waals surface area (Å²) in [7, 11) is 1.59. The van der Waals surface area contributed by atoms with Crippen LogP contribution in [-0.4, -0.2) is 60.3 Å². The highest BCUT2D eigenvalue weighted by Gasteiger charge is 2.47. The number of alkyl carbamates (subject to hydrolysis) is 1. The van der Waals surface area contributed by atoms with Gasteiger partial charge in [-0.3, -0.25) is 9.59 Å². The second-order valence-electron chi connectivity index (χ2n) is 9.84. The third-order valence-electron chi connectivity index (χ3n) is 6.39. The number of benzene rings is 1. The van der Waals surface area contributed by atoms with E-state index in [4.69, 9.17) is 9.47 Å². The molecule has 10 nitrogen and oxygen atoms in total. The fraction of sp³-hybridized carbons (Fsp3) is 0.600. The summed E-state index contributed by atoms with van der Waals surface area (Å²) in [6.45, 7) is 4.29. The van der Waals surface area contributed by atoms with Crippen LogP contribution in [0.2, 0.25) is 0 Å². The molecule has 3 unspecified atom stereocenters. The van der Waals surface area contributed by atoms with Crippen molar-refractivity contribution in [3.8, 4) is 5.75 Å². The Bertz CT molecular complexity index is 945. The summed E-state index contributed by atoms with van der Waals surface area (Å²) in [4.78, 5) is 49.3. The summed E-state index contributed by atoms with van der Waals surface area (Å²) < 4.78 is 11.0. The lowest BCUT2D eigenvalue weighted by Crippen LogP contribution is -2.53. The summed E-state index contributed by atoms with van der Waals surface area (Å²) in [5, 5.41) is 17.4. The fourth-order valence-corrected chi connectivity index (χ4v) is 4.33. The zero-order valence-corrected chi connectivity index (χ0v) is 20.5. The van der Waals surface area contributed by atoms with Gasteiger partial charge in [-0.1, -0.05) is 26.0 Å². The Labute approximate surface area is 205 Å². The molecule has 10 heteroatoms. The molecule has 4 N–H and O–H groups in total. The minimum absolute atomic E-state index is 0.00456. The maximum Gasteiger partial charge on any atom is 0.408 e. The lowest BCUT2D eigenvalue weighted by molar-refractivity contribution is -0.143. The first-order valence-corrected chi connectivity index (χ1v) is 12.0. The van der Waals surface area contributed by atoms with Crippen molar-refractivity contribution in [2.45, 2.75) is 70.1 Å². The Morgan fingerprint density at radius 1 is 1.20 bits per heavy atom. The summed E-state index contributed by atoms with van der Waals surface area (Å²) in [5.41, 5.74) is 0.348. The van der Waals surface area contributed by atoms with Gasteiger partial charge in [0.15, 0.2) is 0 Å². The van der Waals surface area contributed by atoms with Crippen LogP contribution in [0, 0.1) is 11.8 Å². The van der Waals surface area contributed by atoms with Gasteiger partial charge in [-0.15, -0.1) is 0 Å². The SMILES string of the molecule is COc1cccc(CC2(OC(=O)NC(CC(C)C)C(=O)NC(CC3CCNC3=O)C(=O)O)CC2)c1. The molecule has 2 fully saturated rings. The van der Waals surface area contributed by atoms with E-state index in [1.54, 1.807) is 7.11 Å². The second kappa shape index (κ2) is 11.4. The van der Waals surface area contributed by atoms with Crippen LogP contribution < -0.4 is 20.7 Å². The minimum atomic E-state index is -1.23. The van der Waals surface area contributed by atoms with Crippen LogP contribution in [0.4, 0.5) is 4.79 Å². The number of carbonyl (C=O) groups excluding carboxylic acids is 3. The average Bonchev–Trinajstić information content (AvgIpc) is 3.42. The van der Waals surface area contributed by atoms with Gasteiger partial charge < -0.3 is 30.5 Å². The monoisotopic (exact) mass is 489 g/mol. The quantitative estimate of drug-likeness (QED) is 0.352. The molecule has 35 heavy (non-hydrogen) atoms. The zero-order chi connectivity index (χ0) is 25.6. The van der Waals surface area contributed by atoms with Crippen LogP contribution in [0.25, 0.3) is 0 Å². The van der Waals surface area contributed by atoms with Crippen LogP contribution in [0.5, 0.6) is 5.75 Å². The number of carbonyl (C=O) groups is 4. The number of rotatable bonds is 12. The van der Waals surface area contributed by atoms with Crippen molar-refractivity contribution in [2.24, 2.45) is 11.8 Å². The average molecular weight is 490 g/mol. The Hall–Kier alpha value is -3.30. The van der Waals surface area contributed by atoms with Crippen LogP contribution in [-0.2, 0) is 25.5 Å². The van der Waals surface area contributed by atoms with Crippen LogP contribution >= 0.6 is 0 Å². The first-order chi connectivity index (χ1) is 16.6. The number of ether oxygens (including phenoxy) is 2. The number of carboxylic acids is 1. The molecule has 1 aliphatic carbocycles. The number of methoxy groups -OCH3 is 1. The Balaban J connectivity index is 1.60. The zero-order valence-electron chi connectivity index (χ0n) is 20.5. The van der Waals surface area contributed by atoms with Crippen molar-refractivity contribution in [3.05, 3.63) is 29.8 Å². The van der Waals surface area contributed by atoms with Gasteiger partial charge in [0.25, 0.3) is 0 Å². The van der Waals surface area contributed by atoms with E-state index in [0.29, 0.717) is 38.6 Å². The number of hydrogen-bond donors (Lipinski definition) is 4.